The zero-order valence-electron chi connectivity index (χ0n) is 10.3. The van der Waals surface area contributed by atoms with Crippen molar-refractivity contribution in [3.63, 3.8) is 0 Å². The van der Waals surface area contributed by atoms with Crippen LogP contribution >= 0.6 is 0 Å². The lowest BCUT2D eigenvalue weighted by Crippen LogP contribution is -2.44. The van der Waals surface area contributed by atoms with Crippen molar-refractivity contribution in [3.8, 4) is 0 Å². The van der Waals surface area contributed by atoms with Crippen LogP contribution in [-0.4, -0.2) is 35.7 Å². The van der Waals surface area contributed by atoms with Crippen molar-refractivity contribution in [1.29, 1.82) is 0 Å². The van der Waals surface area contributed by atoms with E-state index in [0.29, 0.717) is 0 Å². The van der Waals surface area contributed by atoms with E-state index in [2.05, 4.69) is 11.8 Å². The van der Waals surface area contributed by atoms with Crippen molar-refractivity contribution >= 4 is 0 Å². The summed E-state index contributed by atoms with van der Waals surface area (Å²) >= 11 is 0. The van der Waals surface area contributed by atoms with Crippen molar-refractivity contribution in [2.24, 2.45) is 5.73 Å². The highest BCUT2D eigenvalue weighted by atomic mass is 16.3. The van der Waals surface area contributed by atoms with Gasteiger partial charge in [0, 0.05) is 12.1 Å². The van der Waals surface area contributed by atoms with Crippen LogP contribution < -0.4 is 5.73 Å². The largest absolute Gasteiger partial charge is 0.468 e. The summed E-state index contributed by atoms with van der Waals surface area (Å²) in [4.78, 5) is 2.06. The second kappa shape index (κ2) is 6.03. The van der Waals surface area contributed by atoms with Crippen LogP contribution in [0.4, 0.5) is 0 Å². The van der Waals surface area contributed by atoms with E-state index in [1.807, 2.05) is 26.1 Å². The first-order valence-electron chi connectivity index (χ1n) is 5.73. The number of nitrogens with zero attached hydrogens (tertiary/aromatic N) is 1. The van der Waals surface area contributed by atoms with Crippen molar-refractivity contribution in [3.05, 3.63) is 24.2 Å². The maximum Gasteiger partial charge on any atom is 0.122 e. The number of aliphatic hydroxyl groups excluding tert-OH is 1. The predicted molar refractivity (Wildman–Crippen MR) is 64.0 cm³/mol. The van der Waals surface area contributed by atoms with Crippen LogP contribution in [0.2, 0.25) is 0 Å². The number of hydrogen-bond donors (Lipinski definition) is 2. The van der Waals surface area contributed by atoms with Crippen LogP contribution in [0.1, 0.15) is 32.1 Å². The van der Waals surface area contributed by atoms with E-state index in [1.54, 1.807) is 6.26 Å². The molecule has 0 aliphatic rings. The molecule has 16 heavy (non-hydrogen) atoms. The number of nitrogens with two attached hydrogens (primary N) is 1. The molecule has 92 valence electrons. The highest BCUT2D eigenvalue weighted by Crippen LogP contribution is 2.25. The SMILES string of the molecule is CCC(N)C(c1ccco1)N(C)C(C)CO. The Bertz CT molecular complexity index is 287. The third kappa shape index (κ3) is 2.84. The minimum Gasteiger partial charge on any atom is -0.468 e. The molecule has 0 fully saturated rings. The van der Waals surface area contributed by atoms with Gasteiger partial charge in [0.1, 0.15) is 5.76 Å². The normalized spacial score (nSPS) is 17.4. The Balaban J connectivity index is 2.87. The number of likely N-dealkylation sites (N-methyl/N-ethyl adjacent to an activating group) is 1. The lowest BCUT2D eigenvalue weighted by Gasteiger charge is -2.34. The quantitative estimate of drug-likeness (QED) is 0.769. The van der Waals surface area contributed by atoms with Crippen LogP contribution in [0.15, 0.2) is 22.8 Å². The highest BCUT2D eigenvalue weighted by Gasteiger charge is 2.28. The first-order chi connectivity index (χ1) is 7.61. The van der Waals surface area contributed by atoms with Gasteiger partial charge in [-0.1, -0.05) is 6.92 Å². The van der Waals surface area contributed by atoms with Crippen molar-refractivity contribution in [2.45, 2.75) is 38.4 Å². The van der Waals surface area contributed by atoms with Gasteiger partial charge in [0.05, 0.1) is 18.9 Å². The summed E-state index contributed by atoms with van der Waals surface area (Å²) in [5, 5.41) is 9.19. The summed E-state index contributed by atoms with van der Waals surface area (Å²) in [6.07, 6.45) is 2.52. The minimum absolute atomic E-state index is 0.00477. The fourth-order valence-electron chi connectivity index (χ4n) is 1.80. The number of aliphatic hydroxyl groups is 1. The minimum atomic E-state index is 0.00477. The lowest BCUT2D eigenvalue weighted by atomic mass is 10.0. The molecule has 0 aliphatic heterocycles. The molecule has 0 aromatic carbocycles. The monoisotopic (exact) mass is 226 g/mol. The summed E-state index contributed by atoms with van der Waals surface area (Å²) < 4.78 is 5.43. The molecule has 1 aromatic heterocycles. The molecule has 0 bridgehead atoms. The van der Waals surface area contributed by atoms with Gasteiger partial charge in [-0.3, -0.25) is 4.90 Å². The van der Waals surface area contributed by atoms with Gasteiger partial charge < -0.3 is 15.3 Å². The second-order valence-electron chi connectivity index (χ2n) is 4.23. The molecular formula is C12H22N2O2. The molecule has 3 atom stereocenters. The number of furan rings is 1. The molecule has 0 aliphatic carbocycles. The second-order valence-corrected chi connectivity index (χ2v) is 4.23. The Hall–Kier alpha value is -0.840. The molecule has 1 rings (SSSR count). The Kier molecular flexibility index (Phi) is 4.99. The molecular weight excluding hydrogens is 204 g/mol. The maximum atomic E-state index is 9.19. The molecule has 1 heterocycles. The molecule has 1 aromatic rings. The zero-order chi connectivity index (χ0) is 12.1. The van der Waals surface area contributed by atoms with Gasteiger partial charge in [-0.15, -0.1) is 0 Å². The van der Waals surface area contributed by atoms with Crippen LogP contribution in [-0.2, 0) is 0 Å². The molecule has 0 amide bonds. The Morgan fingerprint density at radius 3 is 2.69 bits per heavy atom. The molecule has 3 unspecified atom stereocenters. The van der Waals surface area contributed by atoms with E-state index in [9.17, 15) is 5.11 Å². The van der Waals surface area contributed by atoms with Crippen LogP contribution in [0.5, 0.6) is 0 Å². The summed E-state index contributed by atoms with van der Waals surface area (Å²) in [6, 6.07) is 3.88. The Labute approximate surface area is 97.0 Å². The predicted octanol–water partition coefficient (Wildman–Crippen LogP) is 1.37. The average molecular weight is 226 g/mol. The molecule has 0 saturated carbocycles. The van der Waals surface area contributed by atoms with Crippen LogP contribution in [0, 0.1) is 0 Å². The van der Waals surface area contributed by atoms with Gasteiger partial charge in [-0.25, -0.2) is 0 Å². The maximum absolute atomic E-state index is 9.19. The van der Waals surface area contributed by atoms with Crippen molar-refractivity contribution in [2.75, 3.05) is 13.7 Å². The van der Waals surface area contributed by atoms with Gasteiger partial charge in [-0.05, 0) is 32.5 Å². The van der Waals surface area contributed by atoms with Gasteiger partial charge >= 0.3 is 0 Å². The lowest BCUT2D eigenvalue weighted by molar-refractivity contribution is 0.0938. The van der Waals surface area contributed by atoms with E-state index in [1.165, 1.54) is 0 Å². The van der Waals surface area contributed by atoms with E-state index in [0.717, 1.165) is 12.2 Å². The van der Waals surface area contributed by atoms with E-state index in [-0.39, 0.29) is 24.7 Å². The molecule has 0 radical (unpaired) electrons. The van der Waals surface area contributed by atoms with E-state index in [4.69, 9.17) is 10.2 Å². The highest BCUT2D eigenvalue weighted by molar-refractivity contribution is 5.08. The van der Waals surface area contributed by atoms with Gasteiger partial charge in [-0.2, -0.15) is 0 Å². The van der Waals surface area contributed by atoms with Gasteiger partial charge in [0.2, 0.25) is 0 Å². The Morgan fingerprint density at radius 1 is 1.56 bits per heavy atom. The Morgan fingerprint density at radius 2 is 2.25 bits per heavy atom. The first kappa shape index (κ1) is 13.2. The standard InChI is InChI=1S/C12H22N2O2/c1-4-10(13)12(11-6-5-7-16-11)14(3)9(2)8-15/h5-7,9-10,12,15H,4,8,13H2,1-3H3. The summed E-state index contributed by atoms with van der Waals surface area (Å²) in [5.74, 6) is 0.858. The third-order valence-corrected chi connectivity index (χ3v) is 3.11. The molecule has 3 N–H and O–H groups in total. The van der Waals surface area contributed by atoms with Gasteiger partial charge in [0.15, 0.2) is 0 Å². The van der Waals surface area contributed by atoms with Crippen LogP contribution in [0.3, 0.4) is 0 Å². The fourth-order valence-corrected chi connectivity index (χ4v) is 1.80. The zero-order valence-corrected chi connectivity index (χ0v) is 10.3. The average Bonchev–Trinajstić information content (AvgIpc) is 2.81. The number of rotatable bonds is 6. The summed E-state index contributed by atoms with van der Waals surface area (Å²) in [7, 11) is 1.96. The smallest absolute Gasteiger partial charge is 0.122 e. The third-order valence-electron chi connectivity index (χ3n) is 3.11. The number of hydrogen-bond acceptors (Lipinski definition) is 4. The molecule has 4 heteroatoms. The van der Waals surface area contributed by atoms with Gasteiger partial charge in [0.25, 0.3) is 0 Å². The molecule has 0 spiro atoms. The molecule has 4 nitrogen and oxygen atoms in total. The fraction of sp³-hybridized carbons (Fsp3) is 0.667. The van der Waals surface area contributed by atoms with E-state index < -0.39 is 0 Å². The summed E-state index contributed by atoms with van der Waals surface area (Å²) in [6.45, 7) is 4.14. The first-order valence-corrected chi connectivity index (χ1v) is 5.73. The van der Waals surface area contributed by atoms with Crippen molar-refractivity contribution < 1.29 is 9.52 Å². The van der Waals surface area contributed by atoms with Crippen LogP contribution in [0.25, 0.3) is 0 Å². The topological polar surface area (TPSA) is 62.6 Å². The summed E-state index contributed by atoms with van der Waals surface area (Å²) in [5.41, 5.74) is 6.12. The molecule has 0 saturated heterocycles. The van der Waals surface area contributed by atoms with E-state index >= 15 is 0 Å². The van der Waals surface area contributed by atoms with Crippen molar-refractivity contribution in [1.82, 2.24) is 4.90 Å².